The van der Waals surface area contributed by atoms with Crippen LogP contribution < -0.4 is 10.6 Å². The third-order valence-electron chi connectivity index (χ3n) is 3.24. The second kappa shape index (κ2) is 7.11. The van der Waals surface area contributed by atoms with E-state index in [1.54, 1.807) is 12.1 Å². The highest BCUT2D eigenvalue weighted by Crippen LogP contribution is 2.25. The van der Waals surface area contributed by atoms with Gasteiger partial charge >= 0.3 is 0 Å². The number of rotatable bonds is 4. The second-order valence-corrected chi connectivity index (χ2v) is 5.99. The van der Waals surface area contributed by atoms with Gasteiger partial charge in [0.1, 0.15) is 5.82 Å². The molecule has 0 saturated heterocycles. The summed E-state index contributed by atoms with van der Waals surface area (Å²) in [4.78, 5) is 8.88. The van der Waals surface area contributed by atoms with E-state index in [2.05, 4.69) is 42.6 Å². The second-order valence-electron chi connectivity index (χ2n) is 5.14. The maximum atomic E-state index is 8.98. The fraction of sp³-hybridized carbons (Fsp3) is 0.0556. The molecule has 2 aromatic carbocycles. The zero-order valence-electron chi connectivity index (χ0n) is 12.9. The molecule has 5 nitrogen and oxygen atoms in total. The predicted octanol–water partition coefficient (Wildman–Crippen LogP) is 4.91. The molecule has 0 atom stereocenters. The molecule has 118 valence electrons. The number of hydrogen-bond donors (Lipinski definition) is 2. The van der Waals surface area contributed by atoms with Gasteiger partial charge in [0, 0.05) is 21.9 Å². The smallest absolute Gasteiger partial charge is 0.229 e. The number of aromatic nitrogens is 2. The minimum Gasteiger partial charge on any atom is -0.339 e. The lowest BCUT2D eigenvalue weighted by molar-refractivity contribution is 1.11. The first-order valence-electron chi connectivity index (χ1n) is 7.28. The summed E-state index contributed by atoms with van der Waals surface area (Å²) in [5.74, 6) is 1.16. The lowest BCUT2D eigenvalue weighted by atomic mass is 10.2. The summed E-state index contributed by atoms with van der Waals surface area (Å²) >= 11 is 3.51. The first kappa shape index (κ1) is 16.0. The third kappa shape index (κ3) is 3.89. The standard InChI is InChI=1S/C18H14BrN5/c1-12-9-17(23-16-8-3-2-7-15(16)19)24-18(21-12)22-14-6-4-5-13(10-14)11-20/h2-10H,1H3,(H2,21,22,23,24). The Morgan fingerprint density at radius 3 is 2.62 bits per heavy atom. The Bertz CT molecular complexity index is 917. The Morgan fingerprint density at radius 2 is 1.83 bits per heavy atom. The molecule has 0 amide bonds. The average molecular weight is 380 g/mol. The number of nitrogens with zero attached hydrogens (tertiary/aromatic N) is 3. The molecule has 0 aliphatic rings. The van der Waals surface area contributed by atoms with Gasteiger partial charge in [-0.25, -0.2) is 4.98 Å². The summed E-state index contributed by atoms with van der Waals surface area (Å²) in [6.45, 7) is 1.91. The summed E-state index contributed by atoms with van der Waals surface area (Å²) in [7, 11) is 0. The van der Waals surface area contributed by atoms with Crippen molar-refractivity contribution in [2.24, 2.45) is 0 Å². The van der Waals surface area contributed by atoms with Gasteiger partial charge in [-0.05, 0) is 53.2 Å². The monoisotopic (exact) mass is 379 g/mol. The number of nitrogens with one attached hydrogen (secondary N) is 2. The third-order valence-corrected chi connectivity index (χ3v) is 3.93. The van der Waals surface area contributed by atoms with Gasteiger partial charge < -0.3 is 10.6 Å². The van der Waals surface area contributed by atoms with Gasteiger partial charge in [-0.1, -0.05) is 18.2 Å². The molecule has 0 fully saturated rings. The zero-order valence-corrected chi connectivity index (χ0v) is 14.5. The van der Waals surface area contributed by atoms with E-state index in [0.29, 0.717) is 17.3 Å². The molecule has 0 unspecified atom stereocenters. The van der Waals surface area contributed by atoms with E-state index in [1.807, 2.05) is 49.4 Å². The molecule has 0 saturated carbocycles. The normalized spacial score (nSPS) is 10.0. The highest BCUT2D eigenvalue weighted by Gasteiger charge is 2.05. The van der Waals surface area contributed by atoms with Crippen LogP contribution in [0.3, 0.4) is 0 Å². The van der Waals surface area contributed by atoms with E-state index in [1.165, 1.54) is 0 Å². The fourth-order valence-electron chi connectivity index (χ4n) is 2.18. The number of nitriles is 1. The summed E-state index contributed by atoms with van der Waals surface area (Å²) in [5, 5.41) is 15.4. The van der Waals surface area contributed by atoms with E-state index < -0.39 is 0 Å². The van der Waals surface area contributed by atoms with Crippen LogP contribution in [0.25, 0.3) is 0 Å². The van der Waals surface area contributed by atoms with Crippen LogP contribution in [0.4, 0.5) is 23.1 Å². The summed E-state index contributed by atoms with van der Waals surface area (Å²) in [5.41, 5.74) is 3.11. The molecule has 0 radical (unpaired) electrons. The van der Waals surface area contributed by atoms with Gasteiger partial charge in [0.05, 0.1) is 17.3 Å². The molecule has 0 spiro atoms. The quantitative estimate of drug-likeness (QED) is 0.673. The lowest BCUT2D eigenvalue weighted by Gasteiger charge is -2.11. The van der Waals surface area contributed by atoms with Crippen LogP contribution in [0.2, 0.25) is 0 Å². The minimum absolute atomic E-state index is 0.472. The molecule has 3 aromatic rings. The molecule has 1 aromatic heterocycles. The number of hydrogen-bond acceptors (Lipinski definition) is 5. The summed E-state index contributed by atoms with van der Waals surface area (Å²) in [6.07, 6.45) is 0. The van der Waals surface area contributed by atoms with Crippen molar-refractivity contribution >= 4 is 39.1 Å². The van der Waals surface area contributed by atoms with E-state index >= 15 is 0 Å². The van der Waals surface area contributed by atoms with Crippen molar-refractivity contribution in [2.45, 2.75) is 6.92 Å². The Balaban J connectivity index is 1.86. The van der Waals surface area contributed by atoms with Crippen LogP contribution in [0.15, 0.2) is 59.1 Å². The average Bonchev–Trinajstić information content (AvgIpc) is 2.56. The van der Waals surface area contributed by atoms with Crippen LogP contribution in [0.5, 0.6) is 0 Å². The molecule has 0 aliphatic heterocycles. The molecule has 0 aliphatic carbocycles. The van der Waals surface area contributed by atoms with Crippen molar-refractivity contribution in [1.82, 2.24) is 9.97 Å². The van der Waals surface area contributed by atoms with Crippen molar-refractivity contribution in [3.8, 4) is 6.07 Å². The molecular weight excluding hydrogens is 366 g/mol. The molecular formula is C18H14BrN5. The van der Waals surface area contributed by atoms with Crippen molar-refractivity contribution in [1.29, 1.82) is 5.26 Å². The lowest BCUT2D eigenvalue weighted by Crippen LogP contribution is -2.02. The molecule has 3 rings (SSSR count). The topological polar surface area (TPSA) is 73.6 Å². The molecule has 24 heavy (non-hydrogen) atoms. The van der Waals surface area contributed by atoms with Gasteiger partial charge in [-0.3, -0.25) is 0 Å². The highest BCUT2D eigenvalue weighted by atomic mass is 79.9. The van der Waals surface area contributed by atoms with Gasteiger partial charge in [0.25, 0.3) is 0 Å². The SMILES string of the molecule is Cc1cc(Nc2ccccc2Br)nc(Nc2cccc(C#N)c2)n1. The zero-order chi connectivity index (χ0) is 16.9. The Morgan fingerprint density at radius 1 is 1.00 bits per heavy atom. The number of aryl methyl sites for hydroxylation is 1. The van der Waals surface area contributed by atoms with Crippen molar-refractivity contribution < 1.29 is 0 Å². The number of benzene rings is 2. The summed E-state index contributed by atoms with van der Waals surface area (Å²) in [6, 6.07) is 19.0. The highest BCUT2D eigenvalue weighted by molar-refractivity contribution is 9.10. The number of halogens is 1. The van der Waals surface area contributed by atoms with E-state index in [0.717, 1.165) is 21.5 Å². The van der Waals surface area contributed by atoms with E-state index in [4.69, 9.17) is 5.26 Å². The van der Waals surface area contributed by atoms with Crippen molar-refractivity contribution in [3.05, 3.63) is 70.3 Å². The number of anilines is 4. The van der Waals surface area contributed by atoms with Gasteiger partial charge in [-0.15, -0.1) is 0 Å². The molecule has 6 heteroatoms. The predicted molar refractivity (Wildman–Crippen MR) is 98.6 cm³/mol. The van der Waals surface area contributed by atoms with E-state index in [-0.39, 0.29) is 0 Å². The van der Waals surface area contributed by atoms with Gasteiger partial charge in [0.15, 0.2) is 0 Å². The largest absolute Gasteiger partial charge is 0.339 e. The molecule has 0 bridgehead atoms. The van der Waals surface area contributed by atoms with Gasteiger partial charge in [-0.2, -0.15) is 10.2 Å². The van der Waals surface area contributed by atoms with Crippen molar-refractivity contribution in [3.63, 3.8) is 0 Å². The Hall–Kier alpha value is -2.91. The van der Waals surface area contributed by atoms with E-state index in [9.17, 15) is 0 Å². The van der Waals surface area contributed by atoms with Crippen LogP contribution in [0, 0.1) is 18.3 Å². The maximum absolute atomic E-state index is 8.98. The van der Waals surface area contributed by atoms with Gasteiger partial charge in [0.2, 0.25) is 5.95 Å². The fourth-order valence-corrected chi connectivity index (χ4v) is 2.57. The van der Waals surface area contributed by atoms with Crippen LogP contribution in [-0.2, 0) is 0 Å². The molecule has 2 N–H and O–H groups in total. The molecule has 1 heterocycles. The maximum Gasteiger partial charge on any atom is 0.229 e. The Labute approximate surface area is 148 Å². The first-order valence-corrected chi connectivity index (χ1v) is 8.08. The van der Waals surface area contributed by atoms with Crippen LogP contribution in [0.1, 0.15) is 11.3 Å². The van der Waals surface area contributed by atoms with Crippen LogP contribution >= 0.6 is 15.9 Å². The number of para-hydroxylation sites is 1. The van der Waals surface area contributed by atoms with Crippen molar-refractivity contribution in [2.75, 3.05) is 10.6 Å². The minimum atomic E-state index is 0.472. The van der Waals surface area contributed by atoms with Crippen LogP contribution in [-0.4, -0.2) is 9.97 Å². The Kier molecular flexibility index (Phi) is 4.73. The first-order chi connectivity index (χ1) is 11.6. The summed E-state index contributed by atoms with van der Waals surface area (Å²) < 4.78 is 0.956.